The van der Waals surface area contributed by atoms with Gasteiger partial charge in [0.25, 0.3) is 5.91 Å². The Kier molecular flexibility index (Phi) is 6.93. The van der Waals surface area contributed by atoms with Gasteiger partial charge >= 0.3 is 6.09 Å². The molecule has 1 aliphatic rings. The minimum Gasteiger partial charge on any atom is -0.491 e. The molecule has 1 aliphatic heterocycles. The van der Waals surface area contributed by atoms with Crippen molar-refractivity contribution < 1.29 is 23.8 Å². The Morgan fingerprint density at radius 1 is 1.25 bits per heavy atom. The summed E-state index contributed by atoms with van der Waals surface area (Å²) in [6.45, 7) is 12.4. The second kappa shape index (κ2) is 8.82. The zero-order chi connectivity index (χ0) is 20.9. The Morgan fingerprint density at radius 2 is 1.89 bits per heavy atom. The van der Waals surface area contributed by atoms with Gasteiger partial charge in [-0.3, -0.25) is 9.69 Å². The summed E-state index contributed by atoms with van der Waals surface area (Å²) < 4.78 is 17.1. The molecule has 1 N–H and O–H groups in total. The third-order valence-corrected chi connectivity index (χ3v) is 4.26. The highest BCUT2D eigenvalue weighted by Crippen LogP contribution is 2.30. The summed E-state index contributed by atoms with van der Waals surface area (Å²) in [5.41, 5.74) is -0.770. The summed E-state index contributed by atoms with van der Waals surface area (Å²) in [5.74, 6) is 0.524. The number of hydrogen-bond acceptors (Lipinski definition) is 5. The second-order valence-corrected chi connectivity index (χ2v) is 8.35. The fourth-order valence-corrected chi connectivity index (χ4v) is 2.92. The number of amides is 2. The number of nitrogens with zero attached hydrogens (tertiary/aromatic N) is 1. The largest absolute Gasteiger partial charge is 0.491 e. The molecule has 2 amide bonds. The Morgan fingerprint density at radius 3 is 2.46 bits per heavy atom. The Hall–Kier alpha value is -2.28. The Labute approximate surface area is 167 Å². The predicted octanol–water partition coefficient (Wildman–Crippen LogP) is 3.58. The van der Waals surface area contributed by atoms with E-state index in [4.69, 9.17) is 14.2 Å². The van der Waals surface area contributed by atoms with Crippen molar-refractivity contribution in [3.8, 4) is 5.75 Å². The quantitative estimate of drug-likeness (QED) is 0.801. The van der Waals surface area contributed by atoms with Crippen molar-refractivity contribution in [1.29, 1.82) is 0 Å². The van der Waals surface area contributed by atoms with Gasteiger partial charge in [-0.15, -0.1) is 0 Å². The van der Waals surface area contributed by atoms with Gasteiger partial charge in [0.05, 0.1) is 12.6 Å². The molecule has 0 aromatic heterocycles. The molecule has 1 saturated heterocycles. The maximum atomic E-state index is 12.6. The van der Waals surface area contributed by atoms with Gasteiger partial charge in [0, 0.05) is 12.1 Å². The van der Waals surface area contributed by atoms with Crippen LogP contribution in [0.15, 0.2) is 24.3 Å². The zero-order valence-electron chi connectivity index (χ0n) is 17.7. The van der Waals surface area contributed by atoms with Crippen molar-refractivity contribution in [3.63, 3.8) is 0 Å². The van der Waals surface area contributed by atoms with Crippen LogP contribution in [0.2, 0.25) is 0 Å². The standard InChI is InChI=1S/C21H32N2O5/c1-7-12-22-18(24)15-8-10-17(11-9-15)26-13-16-14-27-21(5,6)23(16)19(25)28-20(2,3)4/h8-11,16H,7,12-14H2,1-6H3,(H,22,24)/t16-/m0/s1. The SMILES string of the molecule is CCCNC(=O)c1ccc(OC[C@H]2COC(C)(C)N2C(=O)OC(C)(C)C)cc1. The van der Waals surface area contributed by atoms with E-state index < -0.39 is 17.4 Å². The summed E-state index contributed by atoms with van der Waals surface area (Å²) in [4.78, 5) is 26.2. The van der Waals surface area contributed by atoms with E-state index in [0.29, 0.717) is 24.5 Å². The van der Waals surface area contributed by atoms with Crippen LogP contribution in [0.1, 0.15) is 58.3 Å². The highest BCUT2D eigenvalue weighted by Gasteiger charge is 2.46. The van der Waals surface area contributed by atoms with Crippen LogP contribution >= 0.6 is 0 Å². The molecule has 0 radical (unpaired) electrons. The van der Waals surface area contributed by atoms with Crippen molar-refractivity contribution in [2.45, 2.75) is 65.3 Å². The molecule has 7 nitrogen and oxygen atoms in total. The minimum atomic E-state index is -0.766. The number of ether oxygens (including phenoxy) is 3. The molecule has 1 aromatic carbocycles. The van der Waals surface area contributed by atoms with Gasteiger partial charge in [0.15, 0.2) is 0 Å². The van der Waals surface area contributed by atoms with Crippen molar-refractivity contribution in [2.24, 2.45) is 0 Å². The minimum absolute atomic E-state index is 0.101. The number of benzene rings is 1. The van der Waals surface area contributed by atoms with E-state index in [0.717, 1.165) is 6.42 Å². The van der Waals surface area contributed by atoms with Gasteiger partial charge in [0.1, 0.15) is 23.7 Å². The molecular weight excluding hydrogens is 360 g/mol. The van der Waals surface area contributed by atoms with Crippen molar-refractivity contribution in [2.75, 3.05) is 19.8 Å². The lowest BCUT2D eigenvalue weighted by atomic mass is 10.2. The predicted molar refractivity (Wildman–Crippen MR) is 106 cm³/mol. The van der Waals surface area contributed by atoms with Crippen LogP contribution in [0, 0.1) is 0 Å². The van der Waals surface area contributed by atoms with Gasteiger partial charge in [-0.1, -0.05) is 6.92 Å². The monoisotopic (exact) mass is 392 g/mol. The lowest BCUT2D eigenvalue weighted by molar-refractivity contribution is -0.0637. The van der Waals surface area contributed by atoms with Crippen LogP contribution in [0.3, 0.4) is 0 Å². The van der Waals surface area contributed by atoms with Gasteiger partial charge in [-0.2, -0.15) is 0 Å². The third-order valence-electron chi connectivity index (χ3n) is 4.26. The van der Waals surface area contributed by atoms with Crippen molar-refractivity contribution >= 4 is 12.0 Å². The summed E-state index contributed by atoms with van der Waals surface area (Å²) >= 11 is 0. The average Bonchev–Trinajstić information content (AvgIpc) is 2.91. The van der Waals surface area contributed by atoms with Gasteiger partial charge in [-0.05, 0) is 65.3 Å². The van der Waals surface area contributed by atoms with Gasteiger partial charge in [0.2, 0.25) is 0 Å². The summed E-state index contributed by atoms with van der Waals surface area (Å²) in [6.07, 6.45) is 0.465. The van der Waals surface area contributed by atoms with E-state index in [1.807, 2.05) is 41.5 Å². The number of hydrogen-bond donors (Lipinski definition) is 1. The maximum Gasteiger partial charge on any atom is 0.413 e. The maximum absolute atomic E-state index is 12.6. The molecule has 0 unspecified atom stereocenters. The highest BCUT2D eigenvalue weighted by atomic mass is 16.6. The number of carbonyl (C=O) groups excluding carboxylic acids is 2. The topological polar surface area (TPSA) is 77.1 Å². The van der Waals surface area contributed by atoms with E-state index >= 15 is 0 Å². The second-order valence-electron chi connectivity index (χ2n) is 8.35. The van der Waals surface area contributed by atoms with Gasteiger partial charge < -0.3 is 19.5 Å². The van der Waals surface area contributed by atoms with Gasteiger partial charge in [-0.25, -0.2) is 4.79 Å². The molecule has 0 aliphatic carbocycles. The lowest BCUT2D eigenvalue weighted by Crippen LogP contribution is -2.51. The molecule has 1 fully saturated rings. The first-order chi connectivity index (χ1) is 13.0. The Bertz CT molecular complexity index is 679. The Balaban J connectivity index is 1.98. The van der Waals surface area contributed by atoms with Crippen LogP contribution < -0.4 is 10.1 Å². The van der Waals surface area contributed by atoms with Crippen LogP contribution in [-0.4, -0.2) is 54.0 Å². The third kappa shape index (κ3) is 5.86. The molecule has 1 aromatic rings. The molecule has 7 heteroatoms. The molecule has 1 heterocycles. The molecule has 0 bridgehead atoms. The molecule has 28 heavy (non-hydrogen) atoms. The van der Waals surface area contributed by atoms with E-state index in [1.54, 1.807) is 29.2 Å². The zero-order valence-corrected chi connectivity index (χ0v) is 17.7. The molecule has 2 rings (SSSR count). The summed E-state index contributed by atoms with van der Waals surface area (Å²) in [6, 6.07) is 6.68. The van der Waals surface area contributed by atoms with Crippen molar-refractivity contribution in [1.82, 2.24) is 10.2 Å². The molecule has 0 spiro atoms. The molecule has 156 valence electrons. The molecule has 1 atom stereocenters. The van der Waals surface area contributed by atoms with Crippen LogP contribution in [0.4, 0.5) is 4.79 Å². The molecule has 0 saturated carbocycles. The fraction of sp³-hybridized carbons (Fsp3) is 0.619. The van der Waals surface area contributed by atoms with Crippen LogP contribution in [-0.2, 0) is 9.47 Å². The van der Waals surface area contributed by atoms with Crippen LogP contribution in [0.25, 0.3) is 0 Å². The van der Waals surface area contributed by atoms with Crippen LogP contribution in [0.5, 0.6) is 5.75 Å². The normalized spacial score (nSPS) is 18.6. The van der Waals surface area contributed by atoms with E-state index in [1.165, 1.54) is 0 Å². The summed E-state index contributed by atoms with van der Waals surface area (Å²) in [7, 11) is 0. The lowest BCUT2D eigenvalue weighted by Gasteiger charge is -2.35. The smallest absolute Gasteiger partial charge is 0.413 e. The number of carbonyl (C=O) groups is 2. The van der Waals surface area contributed by atoms with Crippen molar-refractivity contribution in [3.05, 3.63) is 29.8 Å². The number of rotatable bonds is 6. The first kappa shape index (κ1) is 22.0. The first-order valence-corrected chi connectivity index (χ1v) is 9.71. The van der Waals surface area contributed by atoms with E-state index in [-0.39, 0.29) is 18.6 Å². The fourth-order valence-electron chi connectivity index (χ4n) is 2.92. The number of nitrogens with one attached hydrogen (secondary N) is 1. The highest BCUT2D eigenvalue weighted by molar-refractivity contribution is 5.94. The van der Waals surface area contributed by atoms with E-state index in [9.17, 15) is 9.59 Å². The van der Waals surface area contributed by atoms with E-state index in [2.05, 4.69) is 5.32 Å². The first-order valence-electron chi connectivity index (χ1n) is 9.71. The molecular formula is C21H32N2O5. The summed E-state index contributed by atoms with van der Waals surface area (Å²) in [5, 5.41) is 2.84. The average molecular weight is 392 g/mol.